The topological polar surface area (TPSA) is 101 Å². The van der Waals surface area contributed by atoms with Crippen molar-refractivity contribution in [1.29, 1.82) is 0 Å². The molecule has 152 valence electrons. The van der Waals surface area contributed by atoms with Crippen molar-refractivity contribution in [2.24, 2.45) is 0 Å². The van der Waals surface area contributed by atoms with E-state index in [9.17, 15) is 45.8 Å². The molecule has 0 fully saturated rings. The molecule has 1 unspecified atom stereocenters. The second-order valence-electron chi connectivity index (χ2n) is 5.13. The number of rotatable bonds is 3. The Hall–Kier alpha value is -2.32. The number of hydrogen-bond acceptors (Lipinski definition) is 5. The van der Waals surface area contributed by atoms with Crippen LogP contribution in [0.4, 0.5) is 32.0 Å². The highest BCUT2D eigenvalue weighted by Crippen LogP contribution is 2.39. The SMILES string of the molecule is C[S+]([O-])c1c(C(F)(F)F)ncn(-c2c(Cl)cc(C(F)(F)F)cc2[N+](=O)[O-])c1=O. The third-order valence-corrected chi connectivity index (χ3v) is 4.53. The zero-order chi connectivity index (χ0) is 21.6. The Morgan fingerprint density at radius 1 is 1.18 bits per heavy atom. The standard InChI is InChI=1S/C13H6ClF6N3O4S/c1-28(27)9-10(13(18,19)20)21-4-22(11(9)24)8-6(14)2-5(12(15,16)17)3-7(8)23(25)26/h2-4H,1H3. The first-order valence-electron chi connectivity index (χ1n) is 6.74. The zero-order valence-corrected chi connectivity index (χ0v) is 14.8. The van der Waals surface area contributed by atoms with Gasteiger partial charge in [-0.1, -0.05) is 11.6 Å². The van der Waals surface area contributed by atoms with Gasteiger partial charge in [0.25, 0.3) is 5.69 Å². The molecule has 0 saturated carbocycles. The third-order valence-electron chi connectivity index (χ3n) is 3.29. The molecule has 7 nitrogen and oxygen atoms in total. The van der Waals surface area contributed by atoms with Crippen LogP contribution in [0.1, 0.15) is 11.3 Å². The lowest BCUT2D eigenvalue weighted by molar-refractivity contribution is -0.384. The molecule has 1 aromatic carbocycles. The molecule has 1 aromatic heterocycles. The van der Waals surface area contributed by atoms with Crippen molar-refractivity contribution < 1.29 is 35.8 Å². The monoisotopic (exact) mass is 449 g/mol. The number of hydrogen-bond donors (Lipinski definition) is 0. The Bertz CT molecular complexity index is 1010. The predicted molar refractivity (Wildman–Crippen MR) is 83.8 cm³/mol. The summed E-state index contributed by atoms with van der Waals surface area (Å²) in [6.45, 7) is 0. The van der Waals surface area contributed by atoms with Gasteiger partial charge in [0.2, 0.25) is 10.6 Å². The van der Waals surface area contributed by atoms with Crippen LogP contribution >= 0.6 is 11.6 Å². The lowest BCUT2D eigenvalue weighted by atomic mass is 10.1. The minimum absolute atomic E-state index is 0.0634. The number of alkyl halides is 6. The molecular formula is C13H6ClF6N3O4S. The maximum absolute atomic E-state index is 13.0. The molecule has 0 aliphatic rings. The summed E-state index contributed by atoms with van der Waals surface area (Å²) in [6, 6.07) is 0.324. The molecule has 0 radical (unpaired) electrons. The fraction of sp³-hybridized carbons (Fsp3) is 0.231. The largest absolute Gasteiger partial charge is 0.611 e. The van der Waals surface area contributed by atoms with Crippen LogP contribution in [0.25, 0.3) is 5.69 Å². The molecule has 2 aromatic rings. The summed E-state index contributed by atoms with van der Waals surface area (Å²) < 4.78 is 89.3. The first kappa shape index (κ1) is 22.0. The van der Waals surface area contributed by atoms with E-state index in [-0.39, 0.29) is 23.0 Å². The summed E-state index contributed by atoms with van der Waals surface area (Å²) in [6.07, 6.45) is -9.24. The zero-order valence-electron chi connectivity index (χ0n) is 13.3. The molecule has 15 heteroatoms. The minimum Gasteiger partial charge on any atom is -0.611 e. The predicted octanol–water partition coefficient (Wildman–Crippen LogP) is 3.57. The van der Waals surface area contributed by atoms with E-state index in [2.05, 4.69) is 4.98 Å². The van der Waals surface area contributed by atoms with Crippen LogP contribution in [0.3, 0.4) is 0 Å². The average molecular weight is 450 g/mol. The third kappa shape index (κ3) is 4.07. The fourth-order valence-corrected chi connectivity index (χ4v) is 3.27. The first-order valence-corrected chi connectivity index (χ1v) is 8.67. The van der Waals surface area contributed by atoms with Crippen LogP contribution < -0.4 is 5.56 Å². The first-order chi connectivity index (χ1) is 12.7. The van der Waals surface area contributed by atoms with Crippen LogP contribution in [0.15, 0.2) is 28.2 Å². The van der Waals surface area contributed by atoms with E-state index in [0.29, 0.717) is 0 Å². The van der Waals surface area contributed by atoms with E-state index in [1.54, 1.807) is 0 Å². The summed E-state index contributed by atoms with van der Waals surface area (Å²) in [5.74, 6) is 0. The molecule has 0 aliphatic heterocycles. The Labute approximate surface area is 158 Å². The highest BCUT2D eigenvalue weighted by Gasteiger charge is 2.42. The molecule has 2 rings (SSSR count). The summed E-state index contributed by atoms with van der Waals surface area (Å²) >= 11 is 3.13. The van der Waals surface area contributed by atoms with Gasteiger partial charge in [-0.15, -0.1) is 0 Å². The molecule has 0 N–H and O–H groups in total. The maximum Gasteiger partial charge on any atom is 0.438 e. The minimum atomic E-state index is -5.17. The van der Waals surface area contributed by atoms with Gasteiger partial charge in [-0.3, -0.25) is 19.5 Å². The van der Waals surface area contributed by atoms with Crippen molar-refractivity contribution in [2.45, 2.75) is 17.2 Å². The highest BCUT2D eigenvalue weighted by molar-refractivity contribution is 7.90. The van der Waals surface area contributed by atoms with Gasteiger partial charge in [0, 0.05) is 6.07 Å². The smallest absolute Gasteiger partial charge is 0.438 e. The molecule has 28 heavy (non-hydrogen) atoms. The van der Waals surface area contributed by atoms with Crippen molar-refractivity contribution >= 4 is 28.5 Å². The fourth-order valence-electron chi connectivity index (χ4n) is 2.18. The molecule has 1 heterocycles. The van der Waals surface area contributed by atoms with Crippen LogP contribution in [0.2, 0.25) is 5.02 Å². The number of halogens is 7. The van der Waals surface area contributed by atoms with Gasteiger partial charge in [0.1, 0.15) is 18.3 Å². The quantitative estimate of drug-likeness (QED) is 0.308. The average Bonchev–Trinajstić information content (AvgIpc) is 2.52. The Balaban J connectivity index is 2.91. The van der Waals surface area contributed by atoms with Gasteiger partial charge < -0.3 is 4.55 Å². The van der Waals surface area contributed by atoms with Crippen molar-refractivity contribution in [3.8, 4) is 5.69 Å². The lowest BCUT2D eigenvalue weighted by Gasteiger charge is -2.15. The van der Waals surface area contributed by atoms with Gasteiger partial charge in [0.15, 0.2) is 0 Å². The molecule has 0 bridgehead atoms. The highest BCUT2D eigenvalue weighted by atomic mass is 35.5. The van der Waals surface area contributed by atoms with Gasteiger partial charge in [-0.05, 0) is 17.2 Å². The molecule has 0 spiro atoms. The van der Waals surface area contributed by atoms with Crippen molar-refractivity contribution in [3.63, 3.8) is 0 Å². The Kier molecular flexibility index (Phi) is 5.69. The molecule has 0 amide bonds. The number of nitrogens with zero attached hydrogens (tertiary/aromatic N) is 3. The Morgan fingerprint density at radius 2 is 1.75 bits per heavy atom. The van der Waals surface area contributed by atoms with Crippen LogP contribution in [-0.4, -0.2) is 25.3 Å². The van der Waals surface area contributed by atoms with Crippen molar-refractivity contribution in [2.75, 3.05) is 6.26 Å². The van der Waals surface area contributed by atoms with E-state index in [1.165, 1.54) is 0 Å². The summed E-state index contributed by atoms with van der Waals surface area (Å²) in [4.78, 5) is 23.9. The van der Waals surface area contributed by atoms with Gasteiger partial charge in [-0.25, -0.2) is 4.98 Å². The normalized spacial score (nSPS) is 13.5. The summed E-state index contributed by atoms with van der Waals surface area (Å²) in [5, 5.41) is 10.2. The number of benzene rings is 1. The molecule has 0 saturated heterocycles. The van der Waals surface area contributed by atoms with Crippen LogP contribution in [0.5, 0.6) is 0 Å². The Morgan fingerprint density at radius 3 is 2.18 bits per heavy atom. The second-order valence-corrected chi connectivity index (χ2v) is 6.85. The number of aromatic nitrogens is 2. The van der Waals surface area contributed by atoms with Crippen molar-refractivity contribution in [3.05, 3.63) is 55.2 Å². The van der Waals surface area contributed by atoms with E-state index >= 15 is 0 Å². The van der Waals surface area contributed by atoms with Gasteiger partial charge in [-0.2, -0.15) is 26.3 Å². The van der Waals surface area contributed by atoms with E-state index in [0.717, 1.165) is 6.26 Å². The number of nitro groups is 1. The molecule has 0 aliphatic carbocycles. The van der Waals surface area contributed by atoms with Gasteiger partial charge in [0.05, 0.1) is 15.5 Å². The summed E-state index contributed by atoms with van der Waals surface area (Å²) in [7, 11) is 0. The lowest BCUT2D eigenvalue weighted by Crippen LogP contribution is -2.31. The molecule has 1 atom stereocenters. The van der Waals surface area contributed by atoms with E-state index < -0.39 is 66.6 Å². The van der Waals surface area contributed by atoms with Crippen LogP contribution in [-0.2, 0) is 23.5 Å². The second kappa shape index (κ2) is 7.25. The van der Waals surface area contributed by atoms with Gasteiger partial charge >= 0.3 is 17.9 Å². The summed E-state index contributed by atoms with van der Waals surface area (Å²) in [5.41, 5.74) is -7.19. The molecular weight excluding hydrogens is 444 g/mol. The van der Waals surface area contributed by atoms with Crippen LogP contribution in [0, 0.1) is 10.1 Å². The maximum atomic E-state index is 13.0. The van der Waals surface area contributed by atoms with E-state index in [1.807, 2.05) is 0 Å². The van der Waals surface area contributed by atoms with E-state index in [4.69, 9.17) is 11.6 Å². The number of nitro benzene ring substituents is 1. The van der Waals surface area contributed by atoms with Crippen molar-refractivity contribution in [1.82, 2.24) is 9.55 Å².